The van der Waals surface area contributed by atoms with Crippen LogP contribution in [0, 0.1) is 12.8 Å². The molecule has 0 unspecified atom stereocenters. The Hall–Kier alpha value is -3.57. The zero-order valence-corrected chi connectivity index (χ0v) is 31.3. The van der Waals surface area contributed by atoms with Crippen LogP contribution in [0.1, 0.15) is 83.6 Å². The molecule has 9 nitrogen and oxygen atoms in total. The van der Waals surface area contributed by atoms with Gasteiger partial charge in [0.05, 0.1) is 41.7 Å². The first-order valence-electron chi connectivity index (χ1n) is 18.1. The van der Waals surface area contributed by atoms with Gasteiger partial charge in [-0.3, -0.25) is 19.4 Å². The molecule has 0 bridgehead atoms. The Morgan fingerprint density at radius 3 is 2.54 bits per heavy atom. The van der Waals surface area contributed by atoms with Crippen molar-refractivity contribution in [2.24, 2.45) is 13.0 Å². The second kappa shape index (κ2) is 15.0. The Balaban J connectivity index is 1.04. The maximum atomic E-state index is 13.7. The third-order valence-electron chi connectivity index (χ3n) is 11.0. The number of amides is 2. The van der Waals surface area contributed by atoms with Gasteiger partial charge in [0.2, 0.25) is 5.91 Å². The monoisotopic (exact) mass is 713 g/mol. The number of imidazole rings is 1. The number of fused-ring (bicyclic) bond motifs is 2. The molecule has 0 radical (unpaired) electrons. The highest BCUT2D eigenvalue weighted by molar-refractivity contribution is 7.15. The summed E-state index contributed by atoms with van der Waals surface area (Å²) in [5, 5.41) is 4.50. The van der Waals surface area contributed by atoms with Crippen LogP contribution in [0.15, 0.2) is 36.4 Å². The quantitative estimate of drug-likeness (QED) is 0.183. The summed E-state index contributed by atoms with van der Waals surface area (Å²) in [4.78, 5) is 43.8. The van der Waals surface area contributed by atoms with Crippen molar-refractivity contribution in [3.8, 4) is 21.7 Å². The molecule has 0 spiro atoms. The average Bonchev–Trinajstić information content (AvgIpc) is 3.81. The third kappa shape index (κ3) is 7.13. The van der Waals surface area contributed by atoms with E-state index in [1.165, 1.54) is 38.5 Å². The lowest BCUT2D eigenvalue weighted by atomic mass is 9.87. The summed E-state index contributed by atoms with van der Waals surface area (Å²) in [6.07, 6.45) is 9.05. The van der Waals surface area contributed by atoms with Gasteiger partial charge < -0.3 is 14.8 Å². The summed E-state index contributed by atoms with van der Waals surface area (Å²) in [6, 6.07) is 11.9. The maximum absolute atomic E-state index is 13.7. The summed E-state index contributed by atoms with van der Waals surface area (Å²) < 4.78 is 1.96. The summed E-state index contributed by atoms with van der Waals surface area (Å²) in [5.74, 6) is 1.15. The molecule has 0 saturated heterocycles. The van der Waals surface area contributed by atoms with Crippen molar-refractivity contribution in [1.82, 2.24) is 29.2 Å². The smallest absolute Gasteiger partial charge is 0.291 e. The van der Waals surface area contributed by atoms with Crippen molar-refractivity contribution in [3.63, 3.8) is 0 Å². The van der Waals surface area contributed by atoms with Gasteiger partial charge in [-0.05, 0) is 56.6 Å². The maximum Gasteiger partial charge on any atom is 0.291 e. The van der Waals surface area contributed by atoms with Crippen LogP contribution in [-0.2, 0) is 37.9 Å². The van der Waals surface area contributed by atoms with E-state index in [0.717, 1.165) is 87.7 Å². The van der Waals surface area contributed by atoms with Gasteiger partial charge >= 0.3 is 0 Å². The fourth-order valence-corrected chi connectivity index (χ4v) is 9.21. The zero-order chi connectivity index (χ0) is 34.9. The minimum Gasteiger partial charge on any atom is -0.330 e. The number of hydrogen-bond acceptors (Lipinski definition) is 7. The van der Waals surface area contributed by atoms with Crippen molar-refractivity contribution in [1.29, 1.82) is 0 Å². The van der Waals surface area contributed by atoms with E-state index in [0.29, 0.717) is 36.2 Å². The fourth-order valence-electron chi connectivity index (χ4n) is 7.77. The van der Waals surface area contributed by atoms with E-state index in [1.54, 1.807) is 11.3 Å². The molecule has 50 heavy (non-hydrogen) atoms. The molecule has 1 fully saturated rings. The number of benzene rings is 2. The van der Waals surface area contributed by atoms with Crippen LogP contribution in [0.3, 0.4) is 0 Å². The minimum atomic E-state index is -0.258. The number of likely N-dealkylation sites (N-methyl/N-ethyl adjacent to an activating group) is 1. The first kappa shape index (κ1) is 34.9. The lowest BCUT2D eigenvalue weighted by Crippen LogP contribution is -2.35. The number of aromatic nitrogens is 3. The van der Waals surface area contributed by atoms with Crippen molar-refractivity contribution < 1.29 is 9.59 Å². The topological polar surface area (TPSA) is 86.6 Å². The first-order chi connectivity index (χ1) is 24.2. The number of thiazole rings is 1. The molecule has 3 aliphatic rings. The highest BCUT2D eigenvalue weighted by Crippen LogP contribution is 2.41. The van der Waals surface area contributed by atoms with Crippen LogP contribution in [0.4, 0.5) is 5.69 Å². The molecule has 2 aromatic carbocycles. The predicted molar refractivity (Wildman–Crippen MR) is 201 cm³/mol. The number of carbonyl (C=O) groups is 2. The Kier molecular flexibility index (Phi) is 10.4. The molecule has 0 atom stereocenters. The largest absolute Gasteiger partial charge is 0.330 e. The highest BCUT2D eigenvalue weighted by atomic mass is 35.5. The molecule has 7 rings (SSSR count). The SMILES string of the molecule is CCN(C)CC(=O)N1Cc2nc(-c3cccc(-c4cccc(NC(=O)c5nc6c(n5C)CCN(CCC5CCCCC5)C6)c4Cl)c3C)sc2C1. The Morgan fingerprint density at radius 2 is 1.76 bits per heavy atom. The van der Waals surface area contributed by atoms with Crippen molar-refractivity contribution in [2.45, 2.75) is 78.4 Å². The number of hydrogen-bond donors (Lipinski definition) is 1. The Bertz CT molecular complexity index is 1870. The molecule has 1 N–H and O–H groups in total. The lowest BCUT2D eigenvalue weighted by Gasteiger charge is -2.29. The summed E-state index contributed by atoms with van der Waals surface area (Å²) in [5.41, 5.74) is 7.63. The van der Waals surface area contributed by atoms with E-state index in [-0.39, 0.29) is 11.8 Å². The van der Waals surface area contributed by atoms with E-state index in [9.17, 15) is 9.59 Å². The van der Waals surface area contributed by atoms with Gasteiger partial charge in [-0.2, -0.15) is 0 Å². The van der Waals surface area contributed by atoms with Crippen LogP contribution in [-0.4, -0.2) is 74.3 Å². The fraction of sp³-hybridized carbons (Fsp3) is 0.487. The van der Waals surface area contributed by atoms with E-state index < -0.39 is 0 Å². The number of carbonyl (C=O) groups excluding carboxylic acids is 2. The summed E-state index contributed by atoms with van der Waals surface area (Å²) in [7, 11) is 3.91. The standard InChI is InChI=1S/C39H48ClN7O2S/c1-5-44(3)24-35(48)47-22-32-34(23-47)50-39(43-32)28-14-9-13-27(25(28)2)29-15-10-16-30(36(29)40)42-38(49)37-41-31-21-46(20-18-33(31)45(37)4)19-17-26-11-7-6-8-12-26/h9-10,13-16,26H,5-8,11-12,17-24H2,1-4H3,(H,42,49). The van der Waals surface area contributed by atoms with Gasteiger partial charge in [-0.1, -0.05) is 81.0 Å². The predicted octanol–water partition coefficient (Wildman–Crippen LogP) is 7.55. The minimum absolute atomic E-state index is 0.134. The second-order valence-electron chi connectivity index (χ2n) is 14.3. The van der Waals surface area contributed by atoms with Gasteiger partial charge in [0.25, 0.3) is 5.91 Å². The van der Waals surface area contributed by atoms with E-state index in [2.05, 4.69) is 36.2 Å². The molecular formula is C39H48ClN7O2S. The van der Waals surface area contributed by atoms with Crippen molar-refractivity contribution in [3.05, 3.63) is 74.8 Å². The Labute approximate surface area is 304 Å². The van der Waals surface area contributed by atoms with Gasteiger partial charge in [-0.25, -0.2) is 9.97 Å². The number of rotatable bonds is 10. The zero-order valence-electron chi connectivity index (χ0n) is 29.7. The summed E-state index contributed by atoms with van der Waals surface area (Å²) >= 11 is 8.71. The number of anilines is 1. The molecule has 264 valence electrons. The van der Waals surface area contributed by atoms with Crippen molar-refractivity contribution >= 4 is 40.4 Å². The first-order valence-corrected chi connectivity index (χ1v) is 19.3. The van der Waals surface area contributed by atoms with Crippen LogP contribution < -0.4 is 5.32 Å². The van der Waals surface area contributed by atoms with Gasteiger partial charge in [0.15, 0.2) is 5.82 Å². The number of nitrogens with one attached hydrogen (secondary N) is 1. The Morgan fingerprint density at radius 1 is 1.00 bits per heavy atom. The lowest BCUT2D eigenvalue weighted by molar-refractivity contribution is -0.132. The molecule has 4 aromatic rings. The van der Waals surface area contributed by atoms with E-state index >= 15 is 0 Å². The van der Waals surface area contributed by atoms with Crippen LogP contribution in [0.2, 0.25) is 5.02 Å². The third-order valence-corrected chi connectivity index (χ3v) is 12.5. The molecule has 1 saturated carbocycles. The molecule has 11 heteroatoms. The molecule has 2 amide bonds. The normalized spacial score (nSPS) is 16.6. The van der Waals surface area contributed by atoms with Crippen molar-refractivity contribution in [2.75, 3.05) is 38.5 Å². The van der Waals surface area contributed by atoms with E-state index in [1.807, 2.05) is 52.7 Å². The average molecular weight is 714 g/mol. The second-order valence-corrected chi connectivity index (χ2v) is 15.7. The van der Waals surface area contributed by atoms with Gasteiger partial charge in [-0.15, -0.1) is 11.3 Å². The van der Waals surface area contributed by atoms with Crippen LogP contribution >= 0.6 is 22.9 Å². The van der Waals surface area contributed by atoms with Crippen LogP contribution in [0.5, 0.6) is 0 Å². The van der Waals surface area contributed by atoms with Gasteiger partial charge in [0.1, 0.15) is 5.01 Å². The molecule has 2 aliphatic heterocycles. The molecule has 1 aliphatic carbocycles. The molecule has 4 heterocycles. The molecule has 2 aromatic heterocycles. The number of halogens is 1. The molecular weight excluding hydrogens is 666 g/mol. The van der Waals surface area contributed by atoms with E-state index in [4.69, 9.17) is 21.6 Å². The van der Waals surface area contributed by atoms with Gasteiger partial charge in [0, 0.05) is 48.3 Å². The highest BCUT2D eigenvalue weighted by Gasteiger charge is 2.29. The number of nitrogens with zero attached hydrogens (tertiary/aromatic N) is 6. The van der Waals surface area contributed by atoms with Crippen LogP contribution in [0.25, 0.3) is 21.7 Å². The summed E-state index contributed by atoms with van der Waals surface area (Å²) in [6.45, 7) is 9.45.